The smallest absolute Gasteiger partial charge is 0.134 e. The molecule has 0 aliphatic rings. The van der Waals surface area contributed by atoms with Crippen LogP contribution in [0, 0.1) is 6.92 Å². The van der Waals surface area contributed by atoms with Gasteiger partial charge in [0.2, 0.25) is 0 Å². The van der Waals surface area contributed by atoms with E-state index in [1.807, 2.05) is 31.2 Å². The molecule has 0 saturated carbocycles. The van der Waals surface area contributed by atoms with Crippen LogP contribution in [-0.2, 0) is 6.61 Å². The summed E-state index contributed by atoms with van der Waals surface area (Å²) in [7, 11) is 0. The second kappa shape index (κ2) is 5.21. The molecule has 3 heteroatoms. The maximum absolute atomic E-state index is 9.23. The van der Waals surface area contributed by atoms with Gasteiger partial charge in [-0.3, -0.25) is 0 Å². The largest absolute Gasteiger partial charge is 0.457 e. The Hall–Kier alpha value is -1.51. The number of aryl methyl sites for hydroxylation is 1. The van der Waals surface area contributed by atoms with Gasteiger partial charge in [-0.1, -0.05) is 35.9 Å². The van der Waals surface area contributed by atoms with Crippen LogP contribution in [0.15, 0.2) is 42.5 Å². The summed E-state index contributed by atoms with van der Waals surface area (Å²) in [6.07, 6.45) is 0. The first-order chi connectivity index (χ1) is 8.20. The Balaban J connectivity index is 2.35. The van der Waals surface area contributed by atoms with Crippen molar-refractivity contribution in [2.45, 2.75) is 13.5 Å². The molecule has 2 rings (SSSR count). The minimum absolute atomic E-state index is 0.0710. The summed E-state index contributed by atoms with van der Waals surface area (Å²) in [5.74, 6) is 1.36. The van der Waals surface area contributed by atoms with E-state index in [2.05, 4.69) is 0 Å². The minimum atomic E-state index is -0.0710. The second-order valence-electron chi connectivity index (χ2n) is 3.78. The number of ether oxygens (including phenoxy) is 1. The van der Waals surface area contributed by atoms with E-state index in [-0.39, 0.29) is 6.61 Å². The third kappa shape index (κ3) is 2.78. The summed E-state index contributed by atoms with van der Waals surface area (Å²) in [5.41, 5.74) is 1.76. The van der Waals surface area contributed by atoms with Gasteiger partial charge >= 0.3 is 0 Å². The summed E-state index contributed by atoms with van der Waals surface area (Å²) < 4.78 is 5.77. The molecule has 0 aromatic heterocycles. The van der Waals surface area contributed by atoms with Crippen LogP contribution in [-0.4, -0.2) is 5.11 Å². The highest BCUT2D eigenvalue weighted by atomic mass is 35.5. The lowest BCUT2D eigenvalue weighted by molar-refractivity contribution is 0.276. The molecule has 0 fully saturated rings. The predicted molar refractivity (Wildman–Crippen MR) is 68.6 cm³/mol. The lowest BCUT2D eigenvalue weighted by atomic mass is 10.2. The Morgan fingerprint density at radius 3 is 2.59 bits per heavy atom. The summed E-state index contributed by atoms with van der Waals surface area (Å²) in [5, 5.41) is 9.82. The molecule has 0 radical (unpaired) electrons. The second-order valence-corrected chi connectivity index (χ2v) is 4.21. The van der Waals surface area contributed by atoms with Crippen molar-refractivity contribution in [2.24, 2.45) is 0 Å². The van der Waals surface area contributed by atoms with Crippen molar-refractivity contribution in [3.05, 3.63) is 58.6 Å². The van der Waals surface area contributed by atoms with Crippen LogP contribution in [0.3, 0.4) is 0 Å². The fourth-order valence-electron chi connectivity index (χ4n) is 1.54. The number of halogens is 1. The van der Waals surface area contributed by atoms with Crippen LogP contribution in [0.5, 0.6) is 11.5 Å². The summed E-state index contributed by atoms with van der Waals surface area (Å²) in [6.45, 7) is 1.90. The summed E-state index contributed by atoms with van der Waals surface area (Å²) in [6, 6.07) is 12.9. The Morgan fingerprint density at radius 1 is 1.12 bits per heavy atom. The van der Waals surface area contributed by atoms with Gasteiger partial charge in [0.15, 0.2) is 0 Å². The van der Waals surface area contributed by atoms with Gasteiger partial charge in [0.25, 0.3) is 0 Å². The van der Waals surface area contributed by atoms with Crippen molar-refractivity contribution in [3.8, 4) is 11.5 Å². The number of aliphatic hydroxyl groups excluding tert-OH is 1. The topological polar surface area (TPSA) is 29.5 Å². The molecule has 1 N–H and O–H groups in total. The molecule has 0 aliphatic heterocycles. The van der Waals surface area contributed by atoms with Gasteiger partial charge in [-0.2, -0.15) is 0 Å². The van der Waals surface area contributed by atoms with Gasteiger partial charge in [0.1, 0.15) is 11.5 Å². The lowest BCUT2D eigenvalue weighted by Crippen LogP contribution is -1.93. The maximum Gasteiger partial charge on any atom is 0.134 e. The van der Waals surface area contributed by atoms with Crippen LogP contribution in [0.1, 0.15) is 11.1 Å². The molecule has 2 nitrogen and oxygen atoms in total. The predicted octanol–water partition coefficient (Wildman–Crippen LogP) is 3.93. The zero-order chi connectivity index (χ0) is 12.3. The fraction of sp³-hybridized carbons (Fsp3) is 0.143. The van der Waals surface area contributed by atoms with Crippen molar-refractivity contribution in [2.75, 3.05) is 0 Å². The van der Waals surface area contributed by atoms with Crippen LogP contribution in [0.4, 0.5) is 0 Å². The minimum Gasteiger partial charge on any atom is -0.457 e. The van der Waals surface area contributed by atoms with Gasteiger partial charge in [-0.25, -0.2) is 0 Å². The highest BCUT2D eigenvalue weighted by Gasteiger charge is 2.06. The number of benzene rings is 2. The van der Waals surface area contributed by atoms with Crippen LogP contribution in [0.25, 0.3) is 0 Å². The van der Waals surface area contributed by atoms with E-state index in [4.69, 9.17) is 16.3 Å². The van der Waals surface area contributed by atoms with E-state index in [0.717, 1.165) is 16.9 Å². The van der Waals surface area contributed by atoms with Crippen molar-refractivity contribution in [1.29, 1.82) is 0 Å². The zero-order valence-electron chi connectivity index (χ0n) is 9.48. The SMILES string of the molecule is Cc1ccccc1Oc1cc(Cl)ccc1CO. The number of para-hydroxylation sites is 1. The molecule has 2 aromatic carbocycles. The molecule has 0 bridgehead atoms. The van der Waals surface area contributed by atoms with Gasteiger partial charge in [0, 0.05) is 10.6 Å². The zero-order valence-corrected chi connectivity index (χ0v) is 10.2. The molecule has 2 aromatic rings. The standard InChI is InChI=1S/C14H13ClO2/c1-10-4-2-3-5-13(10)17-14-8-12(15)7-6-11(14)9-16/h2-8,16H,9H2,1H3. The molecule has 0 unspecified atom stereocenters. The van der Waals surface area contributed by atoms with E-state index < -0.39 is 0 Å². The first-order valence-electron chi connectivity index (χ1n) is 5.33. The normalized spacial score (nSPS) is 10.3. The van der Waals surface area contributed by atoms with E-state index >= 15 is 0 Å². The first-order valence-corrected chi connectivity index (χ1v) is 5.71. The molecule has 0 spiro atoms. The molecule has 0 aliphatic carbocycles. The monoisotopic (exact) mass is 248 g/mol. The Bertz CT molecular complexity index is 523. The molecule has 0 amide bonds. The van der Waals surface area contributed by atoms with Crippen molar-refractivity contribution in [1.82, 2.24) is 0 Å². The molecule has 0 atom stereocenters. The average Bonchev–Trinajstić information content (AvgIpc) is 2.32. The highest BCUT2D eigenvalue weighted by molar-refractivity contribution is 6.30. The fourth-order valence-corrected chi connectivity index (χ4v) is 1.71. The van der Waals surface area contributed by atoms with E-state index in [1.54, 1.807) is 18.2 Å². The molecular weight excluding hydrogens is 236 g/mol. The third-order valence-corrected chi connectivity index (χ3v) is 2.75. The number of rotatable bonds is 3. The molecule has 0 saturated heterocycles. The van der Waals surface area contributed by atoms with Crippen LogP contribution in [0.2, 0.25) is 5.02 Å². The molecule has 17 heavy (non-hydrogen) atoms. The molecular formula is C14H13ClO2. The summed E-state index contributed by atoms with van der Waals surface area (Å²) >= 11 is 5.92. The van der Waals surface area contributed by atoms with Gasteiger partial charge in [0.05, 0.1) is 6.61 Å². The molecule has 88 valence electrons. The van der Waals surface area contributed by atoms with Gasteiger partial charge in [-0.05, 0) is 30.7 Å². The van der Waals surface area contributed by atoms with Gasteiger partial charge in [-0.15, -0.1) is 0 Å². The molecule has 0 heterocycles. The lowest BCUT2D eigenvalue weighted by Gasteiger charge is -2.11. The number of aliphatic hydroxyl groups is 1. The van der Waals surface area contributed by atoms with Crippen LogP contribution >= 0.6 is 11.6 Å². The first kappa shape index (κ1) is 12.0. The number of hydrogen-bond donors (Lipinski definition) is 1. The van der Waals surface area contributed by atoms with Crippen molar-refractivity contribution < 1.29 is 9.84 Å². The highest BCUT2D eigenvalue weighted by Crippen LogP contribution is 2.30. The summed E-state index contributed by atoms with van der Waals surface area (Å²) in [4.78, 5) is 0. The number of hydrogen-bond acceptors (Lipinski definition) is 2. The van der Waals surface area contributed by atoms with Crippen LogP contribution < -0.4 is 4.74 Å². The Morgan fingerprint density at radius 2 is 1.88 bits per heavy atom. The van der Waals surface area contributed by atoms with E-state index in [9.17, 15) is 5.11 Å². The maximum atomic E-state index is 9.23. The van der Waals surface area contributed by atoms with E-state index in [1.165, 1.54) is 0 Å². The van der Waals surface area contributed by atoms with Crippen molar-refractivity contribution >= 4 is 11.6 Å². The average molecular weight is 249 g/mol. The van der Waals surface area contributed by atoms with Gasteiger partial charge < -0.3 is 9.84 Å². The third-order valence-electron chi connectivity index (χ3n) is 2.51. The Kier molecular flexibility index (Phi) is 3.67. The quantitative estimate of drug-likeness (QED) is 0.892. The van der Waals surface area contributed by atoms with Crippen molar-refractivity contribution in [3.63, 3.8) is 0 Å². The van der Waals surface area contributed by atoms with E-state index in [0.29, 0.717) is 10.8 Å². The Labute approximate surface area is 105 Å².